The lowest BCUT2D eigenvalue weighted by atomic mass is 10.3. The molecule has 0 bridgehead atoms. The molecule has 4 unspecified atom stereocenters. The highest BCUT2D eigenvalue weighted by Crippen LogP contribution is 2.02. The summed E-state index contributed by atoms with van der Waals surface area (Å²) in [5.74, 6) is -0.537. The lowest BCUT2D eigenvalue weighted by molar-refractivity contribution is -0.146. The van der Waals surface area contributed by atoms with E-state index in [9.17, 15) is 19.2 Å². The lowest BCUT2D eigenvalue weighted by Gasteiger charge is -2.08. The number of carbonyl (C=O) groups is 4. The minimum absolute atomic E-state index is 0. The smallest absolute Gasteiger partial charge is 0.322 e. The molecule has 0 aromatic rings. The number of esters is 3. The molecule has 0 heterocycles. The molecule has 0 fully saturated rings. The molecular weight excluding hydrogens is 743 g/mol. The number of halogens is 4. The van der Waals surface area contributed by atoms with Crippen LogP contribution in [0, 0.1) is 0 Å². The second-order valence-electron chi connectivity index (χ2n) is 7.78. The summed E-state index contributed by atoms with van der Waals surface area (Å²) in [5, 5.41) is 13.5. The Hall–Kier alpha value is -0.310. The number of likely N-dealkylation sites (N-methyl/N-ethyl adjacent to an activating group) is 2. The molecule has 0 saturated heterocycles. The van der Waals surface area contributed by atoms with Crippen molar-refractivity contribution in [2.45, 2.75) is 103 Å². The van der Waals surface area contributed by atoms with Crippen molar-refractivity contribution in [1.82, 2.24) is 10.6 Å². The Morgan fingerprint density at radius 1 is 0.650 bits per heavy atom. The topological polar surface area (TPSA) is 140 Å². The number of ether oxygens (including phenoxy) is 3. The summed E-state index contributed by atoms with van der Waals surface area (Å²) in [7, 11) is 3.47. The van der Waals surface area contributed by atoms with Gasteiger partial charge in [0.2, 0.25) is 4.69 Å². The fourth-order valence-electron chi connectivity index (χ4n) is 1.21. The molecule has 40 heavy (non-hydrogen) atoms. The van der Waals surface area contributed by atoms with Crippen LogP contribution < -0.4 is 10.6 Å². The molecule has 0 aliphatic rings. The first-order valence-electron chi connectivity index (χ1n) is 13.1. The van der Waals surface area contributed by atoms with E-state index in [0.29, 0.717) is 26.4 Å². The van der Waals surface area contributed by atoms with Crippen LogP contribution in [0.3, 0.4) is 0 Å². The van der Waals surface area contributed by atoms with Gasteiger partial charge in [-0.2, -0.15) is 0 Å². The summed E-state index contributed by atoms with van der Waals surface area (Å²) in [6, 6.07) is -0.377. The monoisotopic (exact) mass is 794 g/mol. The Morgan fingerprint density at radius 2 is 0.900 bits per heavy atom. The van der Waals surface area contributed by atoms with Gasteiger partial charge in [-0.25, -0.2) is 0 Å². The zero-order valence-corrected chi connectivity index (χ0v) is 31.4. The molecule has 3 N–H and O–H groups in total. The van der Waals surface area contributed by atoms with Gasteiger partial charge in [0.05, 0.1) is 24.6 Å². The largest absolute Gasteiger partial charge is 0.465 e. The van der Waals surface area contributed by atoms with E-state index in [-0.39, 0.29) is 56.7 Å². The van der Waals surface area contributed by atoms with E-state index >= 15 is 0 Å². The molecule has 4 atom stereocenters. The SMILES string of the molecule is CC(Br)C(=O)Br.CCCO.CCCOC(=O)C(C)Br.CCCOC(=O)C(C)NC.CCCOC(=O)C(C)NC.Cl. The summed E-state index contributed by atoms with van der Waals surface area (Å²) < 4.78 is 14.4. The van der Waals surface area contributed by atoms with Gasteiger partial charge in [0.1, 0.15) is 16.9 Å². The molecule has 244 valence electrons. The second-order valence-corrected chi connectivity index (χ2v) is 11.3. The Labute approximate surface area is 274 Å². The Balaban J connectivity index is -0.0000000925. The normalized spacial score (nSPS) is 12.1. The highest BCUT2D eigenvalue weighted by Gasteiger charge is 2.10. The van der Waals surface area contributed by atoms with Crippen molar-refractivity contribution in [3.8, 4) is 0 Å². The zero-order chi connectivity index (χ0) is 31.8. The van der Waals surface area contributed by atoms with Gasteiger partial charge in [-0.15, -0.1) is 12.4 Å². The van der Waals surface area contributed by atoms with E-state index in [1.165, 1.54) is 0 Å². The summed E-state index contributed by atoms with van der Waals surface area (Å²) in [6.45, 7) is 16.8. The van der Waals surface area contributed by atoms with Gasteiger partial charge >= 0.3 is 17.9 Å². The van der Waals surface area contributed by atoms with Crippen LogP contribution in [0.15, 0.2) is 0 Å². The molecule has 0 spiro atoms. The van der Waals surface area contributed by atoms with Crippen molar-refractivity contribution in [1.29, 1.82) is 0 Å². The van der Waals surface area contributed by atoms with E-state index in [2.05, 4.69) is 58.4 Å². The van der Waals surface area contributed by atoms with Gasteiger partial charge in [-0.05, 0) is 83.4 Å². The van der Waals surface area contributed by atoms with Crippen LogP contribution in [0.1, 0.15) is 81.1 Å². The van der Waals surface area contributed by atoms with Crippen LogP contribution in [-0.4, -0.2) is 90.0 Å². The number of alkyl halides is 2. The number of rotatable bonds is 13. The fraction of sp³-hybridized carbons (Fsp3) is 0.846. The maximum atomic E-state index is 10.8. The number of aliphatic hydroxyl groups is 1. The molecule has 0 rings (SSSR count). The quantitative estimate of drug-likeness (QED) is 0.0972. The van der Waals surface area contributed by atoms with Gasteiger partial charge < -0.3 is 30.0 Å². The highest BCUT2D eigenvalue weighted by molar-refractivity contribution is 9.20. The van der Waals surface area contributed by atoms with Crippen LogP contribution in [-0.2, 0) is 33.4 Å². The van der Waals surface area contributed by atoms with Crippen molar-refractivity contribution in [3.05, 3.63) is 0 Å². The first-order chi connectivity index (χ1) is 18.2. The van der Waals surface area contributed by atoms with Crippen molar-refractivity contribution < 1.29 is 38.5 Å². The molecule has 10 nitrogen and oxygen atoms in total. The first kappa shape index (κ1) is 52.3. The molecular formula is C26H54Br3ClN2O8. The number of hydrogen-bond donors (Lipinski definition) is 3. The Morgan fingerprint density at radius 3 is 1.05 bits per heavy atom. The van der Waals surface area contributed by atoms with E-state index in [4.69, 9.17) is 19.3 Å². The lowest BCUT2D eigenvalue weighted by Crippen LogP contribution is -2.32. The molecule has 0 aliphatic heterocycles. The van der Waals surface area contributed by atoms with Crippen molar-refractivity contribution in [2.24, 2.45) is 0 Å². The number of aliphatic hydroxyl groups excluding tert-OH is 1. The number of hydrogen-bond acceptors (Lipinski definition) is 10. The van der Waals surface area contributed by atoms with E-state index in [1.807, 2.05) is 27.7 Å². The minimum Gasteiger partial charge on any atom is -0.465 e. The van der Waals surface area contributed by atoms with E-state index < -0.39 is 0 Å². The fourth-order valence-corrected chi connectivity index (χ4v) is 1.34. The third-order valence-corrected chi connectivity index (χ3v) is 5.87. The predicted molar refractivity (Wildman–Crippen MR) is 176 cm³/mol. The average molecular weight is 798 g/mol. The summed E-state index contributed by atoms with van der Waals surface area (Å²) in [5.41, 5.74) is 0. The molecule has 14 heteroatoms. The molecule has 0 aliphatic carbocycles. The van der Waals surface area contributed by atoms with Crippen LogP contribution in [0.4, 0.5) is 0 Å². The zero-order valence-electron chi connectivity index (χ0n) is 25.8. The average Bonchev–Trinajstić information content (AvgIpc) is 2.93. The molecule has 0 aromatic carbocycles. The van der Waals surface area contributed by atoms with Gasteiger partial charge in [0, 0.05) is 6.61 Å². The number of carbonyl (C=O) groups excluding carboxylic acids is 4. The van der Waals surface area contributed by atoms with Crippen LogP contribution in [0.5, 0.6) is 0 Å². The van der Waals surface area contributed by atoms with Crippen molar-refractivity contribution >= 4 is 82.8 Å². The standard InChI is InChI=1S/2C7H15NO2.C6H11BrO2.C3H4Br2O.C3H8O.ClH/c2*1-4-5-10-7(9)6(2)8-3;1-3-4-9-6(8)5(2)7;1-2(4)3(5)6;1-2-3-4;/h2*6,8H,4-5H2,1-3H3;5H,3-4H2,1-2H3;2H,1H3;4H,2-3H2,1H3;1H. The summed E-state index contributed by atoms with van der Waals surface area (Å²) in [6.07, 6.45) is 3.51. The van der Waals surface area contributed by atoms with Gasteiger partial charge in [0.15, 0.2) is 0 Å². The maximum absolute atomic E-state index is 10.8. The van der Waals surface area contributed by atoms with Crippen molar-refractivity contribution in [2.75, 3.05) is 40.5 Å². The van der Waals surface area contributed by atoms with Gasteiger partial charge in [0.25, 0.3) is 0 Å². The van der Waals surface area contributed by atoms with E-state index in [0.717, 1.165) is 25.7 Å². The third kappa shape index (κ3) is 47.5. The van der Waals surface area contributed by atoms with E-state index in [1.54, 1.807) is 41.8 Å². The van der Waals surface area contributed by atoms with Crippen LogP contribution in [0.2, 0.25) is 0 Å². The Bertz CT molecular complexity index is 562. The molecule has 0 saturated carbocycles. The molecule has 0 aromatic heterocycles. The first-order valence-corrected chi connectivity index (χ1v) is 15.7. The molecule has 0 amide bonds. The summed E-state index contributed by atoms with van der Waals surface area (Å²) in [4.78, 5) is 42.1. The van der Waals surface area contributed by atoms with Crippen LogP contribution in [0.25, 0.3) is 0 Å². The second kappa shape index (κ2) is 40.8. The van der Waals surface area contributed by atoms with Crippen LogP contribution >= 0.6 is 60.2 Å². The number of nitrogens with one attached hydrogen (secondary N) is 2. The highest BCUT2D eigenvalue weighted by atomic mass is 79.9. The molecule has 0 radical (unpaired) electrons. The van der Waals surface area contributed by atoms with Gasteiger partial charge in [-0.1, -0.05) is 59.6 Å². The summed E-state index contributed by atoms with van der Waals surface area (Å²) >= 11 is 8.89. The Kier molecular flexibility index (Phi) is 53.4. The van der Waals surface area contributed by atoms with Crippen molar-refractivity contribution in [3.63, 3.8) is 0 Å². The third-order valence-electron chi connectivity index (χ3n) is 3.78. The minimum atomic E-state index is -0.188. The van der Waals surface area contributed by atoms with Gasteiger partial charge in [-0.3, -0.25) is 19.2 Å². The maximum Gasteiger partial charge on any atom is 0.322 e. The predicted octanol–water partition coefficient (Wildman–Crippen LogP) is 5.32.